The molecule has 1 aromatic heterocycles. The maximum Gasteiger partial charge on any atom is 0.123 e. The highest BCUT2D eigenvalue weighted by atomic mass is 32.2. The molecule has 3 aromatic rings. The molecule has 0 saturated carbocycles. The highest BCUT2D eigenvalue weighted by Crippen LogP contribution is 2.35. The number of hydrogen-bond acceptors (Lipinski definition) is 3. The van der Waals surface area contributed by atoms with Gasteiger partial charge in [-0.2, -0.15) is 5.26 Å². The Morgan fingerprint density at radius 2 is 1.78 bits per heavy atom. The summed E-state index contributed by atoms with van der Waals surface area (Å²) in [6.07, 6.45) is 0. The quantitative estimate of drug-likeness (QED) is 0.773. The molecular weight excluding hydrogens is 302 g/mol. The monoisotopic (exact) mass is 319 g/mol. The number of aromatic nitrogens is 1. The summed E-state index contributed by atoms with van der Waals surface area (Å²) in [5.74, 6) is 0. The molecule has 3 nitrogen and oxygen atoms in total. The van der Waals surface area contributed by atoms with Crippen molar-refractivity contribution in [2.45, 2.75) is 23.4 Å². The summed E-state index contributed by atoms with van der Waals surface area (Å²) in [5.41, 5.74) is 9.79. The van der Waals surface area contributed by atoms with Crippen LogP contribution in [0.15, 0.2) is 70.6 Å². The van der Waals surface area contributed by atoms with E-state index in [0.29, 0.717) is 17.9 Å². The van der Waals surface area contributed by atoms with Gasteiger partial charge in [0, 0.05) is 11.4 Å². The number of nitrogens with two attached hydrogens (primary N) is 1. The number of anilines is 1. The summed E-state index contributed by atoms with van der Waals surface area (Å²) in [7, 11) is 0. The molecule has 0 bridgehead atoms. The first-order valence-electron chi connectivity index (χ1n) is 7.35. The van der Waals surface area contributed by atoms with E-state index in [0.717, 1.165) is 9.92 Å². The van der Waals surface area contributed by atoms with E-state index in [1.807, 2.05) is 47.0 Å². The van der Waals surface area contributed by atoms with Crippen LogP contribution in [0.1, 0.15) is 16.8 Å². The van der Waals surface area contributed by atoms with Crippen LogP contribution < -0.4 is 5.73 Å². The van der Waals surface area contributed by atoms with Crippen molar-refractivity contribution in [3.8, 4) is 6.07 Å². The van der Waals surface area contributed by atoms with Gasteiger partial charge in [0.15, 0.2) is 0 Å². The second kappa shape index (κ2) is 6.64. The molecular formula is C19H17N3S. The van der Waals surface area contributed by atoms with Crippen molar-refractivity contribution in [3.63, 3.8) is 0 Å². The Balaban J connectivity index is 2.01. The van der Waals surface area contributed by atoms with E-state index >= 15 is 0 Å². The summed E-state index contributed by atoms with van der Waals surface area (Å²) in [6.45, 7) is 2.72. The van der Waals surface area contributed by atoms with E-state index in [4.69, 9.17) is 5.73 Å². The van der Waals surface area contributed by atoms with Crippen molar-refractivity contribution in [1.29, 1.82) is 5.26 Å². The molecule has 0 saturated heterocycles. The molecule has 1 heterocycles. The third-order valence-electron chi connectivity index (χ3n) is 3.74. The first-order chi connectivity index (χ1) is 11.2. The first-order valence-corrected chi connectivity index (χ1v) is 8.17. The molecule has 0 atom stereocenters. The minimum absolute atomic E-state index is 0.587. The largest absolute Gasteiger partial charge is 0.397 e. The van der Waals surface area contributed by atoms with E-state index in [9.17, 15) is 5.26 Å². The Hall–Kier alpha value is -2.64. The van der Waals surface area contributed by atoms with E-state index in [1.54, 1.807) is 17.8 Å². The lowest BCUT2D eigenvalue weighted by Gasteiger charge is -2.13. The molecule has 0 spiro atoms. The SMILES string of the molecule is Cc1ccccc1Cn1c(C#N)cc(N)c1Sc1ccccc1. The summed E-state index contributed by atoms with van der Waals surface area (Å²) in [6, 6.07) is 22.3. The average molecular weight is 319 g/mol. The lowest BCUT2D eigenvalue weighted by Crippen LogP contribution is -2.05. The second-order valence-corrected chi connectivity index (χ2v) is 6.39. The molecule has 0 aliphatic heterocycles. The Morgan fingerprint density at radius 3 is 2.48 bits per heavy atom. The first kappa shape index (κ1) is 15.3. The summed E-state index contributed by atoms with van der Waals surface area (Å²) < 4.78 is 2.00. The number of rotatable bonds is 4. The van der Waals surface area contributed by atoms with Gasteiger partial charge in [0.2, 0.25) is 0 Å². The molecule has 2 N–H and O–H groups in total. The van der Waals surface area contributed by atoms with Gasteiger partial charge in [0.25, 0.3) is 0 Å². The fraction of sp³-hybridized carbons (Fsp3) is 0.105. The van der Waals surface area contributed by atoms with Crippen LogP contribution >= 0.6 is 11.8 Å². The van der Waals surface area contributed by atoms with Crippen molar-refractivity contribution < 1.29 is 0 Å². The van der Waals surface area contributed by atoms with Crippen LogP contribution in [0, 0.1) is 18.3 Å². The molecule has 0 fully saturated rings. The van der Waals surface area contributed by atoms with Crippen molar-refractivity contribution >= 4 is 17.4 Å². The zero-order chi connectivity index (χ0) is 16.2. The number of nitrogen functional groups attached to an aromatic ring is 1. The van der Waals surface area contributed by atoms with Gasteiger partial charge in [-0.25, -0.2) is 0 Å². The van der Waals surface area contributed by atoms with Gasteiger partial charge in [-0.1, -0.05) is 54.2 Å². The van der Waals surface area contributed by atoms with Crippen LogP contribution in [0.2, 0.25) is 0 Å². The zero-order valence-corrected chi connectivity index (χ0v) is 13.7. The van der Waals surface area contributed by atoms with Crippen LogP contribution in [0.5, 0.6) is 0 Å². The topological polar surface area (TPSA) is 54.7 Å². The molecule has 0 radical (unpaired) electrons. The number of aryl methyl sites for hydroxylation is 1. The zero-order valence-electron chi connectivity index (χ0n) is 12.9. The lowest BCUT2D eigenvalue weighted by molar-refractivity contribution is 0.722. The molecule has 114 valence electrons. The van der Waals surface area contributed by atoms with Gasteiger partial charge < -0.3 is 10.3 Å². The number of nitrogens with zero attached hydrogens (tertiary/aromatic N) is 2. The van der Waals surface area contributed by atoms with Gasteiger partial charge in [-0.15, -0.1) is 0 Å². The third-order valence-corrected chi connectivity index (χ3v) is 4.89. The van der Waals surface area contributed by atoms with Crippen LogP contribution in [0.4, 0.5) is 5.69 Å². The van der Waals surface area contributed by atoms with Crippen LogP contribution in [-0.4, -0.2) is 4.57 Å². The second-order valence-electron chi connectivity index (χ2n) is 5.33. The fourth-order valence-corrected chi connectivity index (χ4v) is 3.44. The van der Waals surface area contributed by atoms with Crippen molar-refractivity contribution in [1.82, 2.24) is 4.57 Å². The maximum atomic E-state index is 9.43. The average Bonchev–Trinajstić information content (AvgIpc) is 2.86. The van der Waals surface area contributed by atoms with Gasteiger partial charge in [0.05, 0.1) is 5.69 Å². The fourth-order valence-electron chi connectivity index (χ4n) is 2.47. The minimum atomic E-state index is 0.587. The Labute approximate surface area is 140 Å². The van der Waals surface area contributed by atoms with Gasteiger partial charge in [-0.3, -0.25) is 0 Å². The molecule has 0 unspecified atom stereocenters. The number of hydrogen-bond donors (Lipinski definition) is 1. The van der Waals surface area contributed by atoms with E-state index in [1.165, 1.54) is 11.1 Å². The van der Waals surface area contributed by atoms with Crippen molar-refractivity contribution in [2.24, 2.45) is 0 Å². The summed E-state index contributed by atoms with van der Waals surface area (Å²) >= 11 is 1.59. The molecule has 0 aliphatic rings. The maximum absolute atomic E-state index is 9.43. The Kier molecular flexibility index (Phi) is 4.40. The smallest absolute Gasteiger partial charge is 0.123 e. The number of nitriles is 1. The van der Waals surface area contributed by atoms with Gasteiger partial charge >= 0.3 is 0 Å². The molecule has 2 aromatic carbocycles. The molecule has 0 amide bonds. The highest BCUT2D eigenvalue weighted by molar-refractivity contribution is 7.99. The van der Waals surface area contributed by atoms with Crippen molar-refractivity contribution in [3.05, 3.63) is 77.5 Å². The molecule has 0 aliphatic carbocycles. The van der Waals surface area contributed by atoms with E-state index in [2.05, 4.69) is 25.1 Å². The predicted octanol–water partition coefficient (Wildman–Crippen LogP) is 4.45. The Morgan fingerprint density at radius 1 is 1.09 bits per heavy atom. The van der Waals surface area contributed by atoms with E-state index < -0.39 is 0 Å². The molecule has 4 heteroatoms. The van der Waals surface area contributed by atoms with Crippen molar-refractivity contribution in [2.75, 3.05) is 5.73 Å². The lowest BCUT2D eigenvalue weighted by atomic mass is 10.1. The predicted molar refractivity (Wildman–Crippen MR) is 94.4 cm³/mol. The van der Waals surface area contributed by atoms with Crippen LogP contribution in [0.25, 0.3) is 0 Å². The van der Waals surface area contributed by atoms with E-state index in [-0.39, 0.29) is 0 Å². The summed E-state index contributed by atoms with van der Waals surface area (Å²) in [4.78, 5) is 1.10. The highest BCUT2D eigenvalue weighted by Gasteiger charge is 2.15. The Bertz CT molecular complexity index is 860. The standard InChI is InChI=1S/C19H17N3S/c1-14-7-5-6-8-15(14)13-22-16(12-20)11-18(21)19(22)23-17-9-3-2-4-10-17/h2-11H,13,21H2,1H3. The van der Waals surface area contributed by atoms with Crippen LogP contribution in [0.3, 0.4) is 0 Å². The normalized spacial score (nSPS) is 10.4. The molecule has 3 rings (SSSR count). The third kappa shape index (κ3) is 3.25. The molecule has 23 heavy (non-hydrogen) atoms. The minimum Gasteiger partial charge on any atom is -0.397 e. The van der Waals surface area contributed by atoms with Crippen LogP contribution in [-0.2, 0) is 6.54 Å². The summed E-state index contributed by atoms with van der Waals surface area (Å²) in [5, 5.41) is 10.3. The van der Waals surface area contributed by atoms with Gasteiger partial charge in [0.1, 0.15) is 16.8 Å². The van der Waals surface area contributed by atoms with Gasteiger partial charge in [-0.05, 0) is 36.2 Å². The number of benzene rings is 2.